The van der Waals surface area contributed by atoms with Crippen molar-refractivity contribution in [2.45, 2.75) is 226 Å². The molecule has 16 nitrogen and oxygen atoms in total. The largest absolute Gasteiger partial charge is 0.494 e. The second kappa shape index (κ2) is 45.2. The number of benzene rings is 10. The average Bonchev–Trinajstić information content (AvgIpc) is 0.687. The second-order valence-corrected chi connectivity index (χ2v) is 37.7. The van der Waals surface area contributed by atoms with Crippen LogP contribution in [-0.4, -0.2) is 125 Å². The van der Waals surface area contributed by atoms with Crippen molar-refractivity contribution in [3.63, 3.8) is 0 Å². The zero-order valence-corrected chi connectivity index (χ0v) is 79.2. The van der Waals surface area contributed by atoms with Crippen molar-refractivity contribution in [2.75, 3.05) is 79.3 Å². The molecule has 0 aliphatic carbocycles. The van der Waals surface area contributed by atoms with E-state index in [9.17, 15) is 0 Å². The third-order valence-electron chi connectivity index (χ3n) is 26.3. The van der Waals surface area contributed by atoms with Crippen molar-refractivity contribution in [3.05, 3.63) is 178 Å². The predicted molar refractivity (Wildman–Crippen MR) is 522 cm³/mol. The Morgan fingerprint density at radius 3 is 0.828 bits per heavy atom. The van der Waals surface area contributed by atoms with E-state index in [2.05, 4.69) is 196 Å². The normalized spacial score (nSPS) is 17.5. The third-order valence-corrected chi connectivity index (χ3v) is 26.3. The van der Waals surface area contributed by atoms with Crippen molar-refractivity contribution in [1.82, 2.24) is 9.80 Å². The van der Waals surface area contributed by atoms with Crippen LogP contribution >= 0.6 is 0 Å². The van der Waals surface area contributed by atoms with Crippen LogP contribution in [0.5, 0.6) is 46.0 Å². The zero-order chi connectivity index (χ0) is 90.7. The number of hydrogen-bond acceptors (Lipinski definition) is 14. The molecule has 8 atom stereocenters. The number of carbonyl (C=O) groups is 4. The van der Waals surface area contributed by atoms with Gasteiger partial charge in [0.05, 0.1) is 78.2 Å². The second-order valence-electron chi connectivity index (χ2n) is 37.7. The number of amides is 4. The number of rotatable bonds is 28. The molecule has 21 aliphatic rings. The topological polar surface area (TPSA) is 167 Å². The number of carbonyl (C=O) groups excluding carboxylic acids is 4. The molecule has 0 radical (unpaired) electrons. The van der Waals surface area contributed by atoms with E-state index in [1.165, 1.54) is 9.80 Å². The average molecular weight is 1740 g/mol. The maximum absolute atomic E-state index is 15.1. The fourth-order valence-electron chi connectivity index (χ4n) is 17.1. The molecule has 0 unspecified atom stereocenters. The van der Waals surface area contributed by atoms with Gasteiger partial charge >= 0.3 is 0 Å². The summed E-state index contributed by atoms with van der Waals surface area (Å²) in [6, 6.07) is 43.7. The lowest BCUT2D eigenvalue weighted by atomic mass is 9.81. The summed E-state index contributed by atoms with van der Waals surface area (Å²) in [6.07, 6.45) is 22.5. The molecule has 682 valence electrons. The van der Waals surface area contributed by atoms with E-state index in [0.29, 0.717) is 147 Å². The van der Waals surface area contributed by atoms with Gasteiger partial charge in [0.1, 0.15) is 46.0 Å². The van der Waals surface area contributed by atoms with Gasteiger partial charge in [-0.2, -0.15) is 0 Å². The van der Waals surface area contributed by atoms with Gasteiger partial charge in [0.25, 0.3) is 23.6 Å². The lowest BCUT2D eigenvalue weighted by Gasteiger charge is -2.36. The van der Waals surface area contributed by atoms with Gasteiger partial charge in [0.15, 0.2) is 0 Å². The number of nitrogens with zero attached hydrogens (tertiary/aromatic N) is 2. The van der Waals surface area contributed by atoms with Crippen LogP contribution in [0.25, 0.3) is 89.6 Å². The fourth-order valence-corrected chi connectivity index (χ4v) is 17.1. The van der Waals surface area contributed by atoms with Gasteiger partial charge in [0.2, 0.25) is 0 Å². The Bertz CT molecular complexity index is 5030. The van der Waals surface area contributed by atoms with Crippen LogP contribution in [0.15, 0.2) is 133 Å². The summed E-state index contributed by atoms with van der Waals surface area (Å²) >= 11 is 0. The standard InChI is InChI=1S/C112H140N2O14/c1-17-73(11)63-123-99-57-82-32-34-84-60-104(128-68-78(16)22-6)98(62-102(84)126-66-76(14)20-4)80-37-41-88(42-38-80)122-54-30-26-24-28-52-120-70-86(56-72(9)10)114-111(117)95-49-45-91-89-43-47-93-107-94(48-44-90(105(89)107)92-46-50-96(112(114)118)108(95)106(91)92)110(116)113(109(93)115)85(55-71(7)8)69-119-51-27-23-25-29-53-121-87-39-35-79(36-40-87)97-61-101(125-65-75(13)19-3)83(59-103(97)127-67-77(15)21-5)33-31-81(99)58-100(82)124-64-74(12)18-2/h31-50,57-62,71-78,85-86H,17-30,51-56,63-70H2,1-16H3/t73-,74-,75-,76-,77-,78-,85-,86-/m0/s1. The van der Waals surface area contributed by atoms with Crippen molar-refractivity contribution >= 4 is 91.0 Å². The van der Waals surface area contributed by atoms with E-state index in [1.54, 1.807) is 0 Å². The van der Waals surface area contributed by atoms with Crippen LogP contribution in [-0.2, 0) is 9.47 Å². The molecule has 21 heterocycles. The van der Waals surface area contributed by atoms with E-state index >= 15 is 19.2 Å². The molecule has 0 spiro atoms. The Labute approximate surface area is 761 Å². The maximum atomic E-state index is 15.1. The highest BCUT2D eigenvalue weighted by Crippen LogP contribution is 2.49. The van der Waals surface area contributed by atoms with E-state index in [1.807, 2.05) is 72.8 Å². The summed E-state index contributed by atoms with van der Waals surface area (Å²) in [5, 5.41) is 6.27. The summed E-state index contributed by atoms with van der Waals surface area (Å²) in [4.78, 5) is 63.3. The lowest BCUT2D eigenvalue weighted by molar-refractivity contribution is 0.0304. The molecule has 16 heteroatoms. The molecular weight excluding hydrogens is 1600 g/mol. The van der Waals surface area contributed by atoms with Crippen molar-refractivity contribution < 1.29 is 66.5 Å². The van der Waals surface area contributed by atoms with Gasteiger partial charge in [-0.3, -0.25) is 29.0 Å². The van der Waals surface area contributed by atoms with Crippen LogP contribution < -0.4 is 37.9 Å². The first-order valence-corrected chi connectivity index (χ1v) is 48.3. The highest BCUT2D eigenvalue weighted by atomic mass is 16.5. The van der Waals surface area contributed by atoms with E-state index in [-0.39, 0.29) is 48.7 Å². The Morgan fingerprint density at radius 1 is 0.297 bits per heavy atom. The smallest absolute Gasteiger partial charge is 0.261 e. The molecule has 10 aromatic rings. The van der Waals surface area contributed by atoms with Crippen LogP contribution in [0.3, 0.4) is 0 Å². The van der Waals surface area contributed by atoms with Crippen LogP contribution in [0.1, 0.15) is 277 Å². The Morgan fingerprint density at radius 2 is 0.555 bits per heavy atom. The van der Waals surface area contributed by atoms with Crippen LogP contribution in [0.2, 0.25) is 0 Å². The monoisotopic (exact) mass is 1740 g/mol. The summed E-state index contributed by atoms with van der Waals surface area (Å²) in [5.74, 6) is 6.89. The van der Waals surface area contributed by atoms with Gasteiger partial charge < -0.3 is 47.4 Å². The van der Waals surface area contributed by atoms with Gasteiger partial charge in [-0.1, -0.05) is 235 Å². The van der Waals surface area contributed by atoms with Gasteiger partial charge in [-0.25, -0.2) is 0 Å². The van der Waals surface area contributed by atoms with E-state index < -0.39 is 12.1 Å². The summed E-state index contributed by atoms with van der Waals surface area (Å²) in [7, 11) is 0. The summed E-state index contributed by atoms with van der Waals surface area (Å²) in [5.41, 5.74) is 9.18. The SMILES string of the molecule is CC[C@H](C)COc1cc2c(OC[C@@H](C)CC)cc1C=Cc1cc(OC[C@@H](C)CC)c(cc1OC[C@@H](C)CC)-c1ccc(cc1)OCCCCCCOC[C@H](CC(C)C)N1C(=O)c3ccc4c5ccc6c7c(ccc(c8ccc(c3c48)C1=O)c75)C(=O)N(C6=O)[C@@H](CC(C)C)COCCCCCCOc1ccc(cc1)-c1cc(OC[C@@H](C)CC)c(cc1OC[C@@H](C)CC)C=C2. The molecule has 0 saturated carbocycles. The fraction of sp³-hybridized carbons (Fsp3) is 0.482. The minimum atomic E-state index is -0.486. The van der Waals surface area contributed by atoms with Crippen LogP contribution in [0.4, 0.5) is 0 Å². The van der Waals surface area contributed by atoms with Crippen molar-refractivity contribution in [2.24, 2.45) is 47.3 Å². The van der Waals surface area contributed by atoms with Crippen molar-refractivity contribution in [3.8, 4) is 68.2 Å². The molecule has 24 bridgehead atoms. The molecule has 31 rings (SSSR count). The zero-order valence-electron chi connectivity index (χ0n) is 79.2. The molecule has 0 saturated heterocycles. The number of ether oxygens (including phenoxy) is 10. The first kappa shape index (κ1) is 95.2. The molecule has 0 N–H and O–H groups in total. The molecule has 10 aromatic carbocycles. The highest BCUT2D eigenvalue weighted by Gasteiger charge is 2.42. The first-order chi connectivity index (χ1) is 62.0. The molecule has 128 heavy (non-hydrogen) atoms. The van der Waals surface area contributed by atoms with Crippen LogP contribution in [0, 0.1) is 47.3 Å². The summed E-state index contributed by atoms with van der Waals surface area (Å²) in [6.45, 7) is 40.7. The van der Waals surface area contributed by atoms with Gasteiger partial charge in [-0.05, 0) is 227 Å². The molecular formula is C112H140N2O14. The number of imide groups is 2. The molecule has 21 aliphatic heterocycles. The minimum absolute atomic E-state index is 0.175. The predicted octanol–water partition coefficient (Wildman–Crippen LogP) is 27.6. The Kier molecular flexibility index (Phi) is 33.6. The highest BCUT2D eigenvalue weighted by molar-refractivity contribution is 6.41. The molecule has 4 amide bonds. The van der Waals surface area contributed by atoms with Gasteiger partial charge in [-0.15, -0.1) is 0 Å². The number of fused-ring (bicyclic) bond motifs is 2. The molecule has 0 aromatic heterocycles. The Hall–Kier alpha value is -10.4. The quantitative estimate of drug-likeness (QED) is 0.0258. The van der Waals surface area contributed by atoms with E-state index in [0.717, 1.165) is 213 Å². The van der Waals surface area contributed by atoms with Gasteiger partial charge in [0, 0.05) is 79.6 Å². The lowest BCUT2D eigenvalue weighted by Crippen LogP contribution is -2.49. The maximum Gasteiger partial charge on any atom is 0.261 e. The first-order valence-electron chi connectivity index (χ1n) is 48.3. The summed E-state index contributed by atoms with van der Waals surface area (Å²) < 4.78 is 67.1. The molecule has 0 fully saturated rings. The third kappa shape index (κ3) is 22.9. The minimum Gasteiger partial charge on any atom is -0.494 e. The van der Waals surface area contributed by atoms with Crippen molar-refractivity contribution in [1.29, 1.82) is 0 Å². The van der Waals surface area contributed by atoms with E-state index in [4.69, 9.17) is 47.4 Å². The Balaban J connectivity index is 0.814. The number of hydrogen-bond donors (Lipinski definition) is 0.